The van der Waals surface area contributed by atoms with E-state index in [4.69, 9.17) is 9.47 Å². The first kappa shape index (κ1) is 28.2. The third-order valence-electron chi connectivity index (χ3n) is 7.04. The summed E-state index contributed by atoms with van der Waals surface area (Å²) >= 11 is 0. The van der Waals surface area contributed by atoms with E-state index in [0.29, 0.717) is 34.0 Å². The maximum absolute atomic E-state index is 13.4. The van der Waals surface area contributed by atoms with Crippen LogP contribution in [0.25, 0.3) is 22.2 Å². The highest BCUT2D eigenvalue weighted by molar-refractivity contribution is 5.97. The summed E-state index contributed by atoms with van der Waals surface area (Å²) in [6.45, 7) is 7.43. The number of carbonyl (C=O) groups excluding carboxylic acids is 2. The Bertz CT molecular complexity index is 1580. The average Bonchev–Trinajstić information content (AvgIpc) is 3.52. The van der Waals surface area contributed by atoms with E-state index < -0.39 is 11.7 Å². The van der Waals surface area contributed by atoms with Gasteiger partial charge < -0.3 is 25.0 Å². The number of aryl methyl sites for hydroxylation is 1. The molecule has 1 fully saturated rings. The van der Waals surface area contributed by atoms with E-state index in [1.54, 1.807) is 48.5 Å². The molecule has 11 nitrogen and oxygen atoms in total. The van der Waals surface area contributed by atoms with Gasteiger partial charge in [-0.1, -0.05) is 0 Å². The Morgan fingerprint density at radius 1 is 1.05 bits per heavy atom. The molecule has 11 heteroatoms. The Hall–Kier alpha value is -4.38. The highest BCUT2D eigenvalue weighted by atomic mass is 16.6. The molecule has 0 spiro atoms. The number of nitrogens with zero attached hydrogens (tertiary/aromatic N) is 5. The van der Waals surface area contributed by atoms with Crippen molar-refractivity contribution >= 4 is 34.4 Å². The third kappa shape index (κ3) is 6.35. The summed E-state index contributed by atoms with van der Waals surface area (Å²) in [5, 5.41) is 11.5. The van der Waals surface area contributed by atoms with E-state index in [0.717, 1.165) is 36.9 Å². The van der Waals surface area contributed by atoms with E-state index in [1.165, 1.54) is 4.57 Å². The minimum absolute atomic E-state index is 0.123. The van der Waals surface area contributed by atoms with Crippen molar-refractivity contribution in [2.45, 2.75) is 45.3 Å². The number of nitrogens with one attached hydrogen (secondary N) is 2. The number of benzene rings is 1. The van der Waals surface area contributed by atoms with Crippen molar-refractivity contribution in [3.05, 3.63) is 54.5 Å². The molecule has 1 aliphatic heterocycles. The van der Waals surface area contributed by atoms with E-state index in [2.05, 4.69) is 32.7 Å². The minimum atomic E-state index is -0.678. The molecule has 1 amide bonds. The van der Waals surface area contributed by atoms with Gasteiger partial charge in [-0.2, -0.15) is 5.10 Å². The molecule has 2 N–H and O–H groups in total. The van der Waals surface area contributed by atoms with Gasteiger partial charge in [0.25, 0.3) is 5.91 Å². The number of aromatic nitrogens is 4. The largest absolute Gasteiger partial charge is 0.495 e. The first-order valence-corrected chi connectivity index (χ1v) is 13.7. The van der Waals surface area contributed by atoms with Gasteiger partial charge in [-0.05, 0) is 78.0 Å². The second-order valence-corrected chi connectivity index (χ2v) is 11.5. The third-order valence-corrected chi connectivity index (χ3v) is 7.04. The zero-order valence-electron chi connectivity index (χ0n) is 24.4. The standard InChI is InChI=1S/C30H37N7O4/c1-30(2,3)41-29(39)37-24(21-17-32-36(5)18-21)13-20-16-31-27(15-25(20)37)34-23-8-7-19(14-26(23)40-6)28(38)33-22-9-11-35(4)12-10-22/h7-8,13-18,22H,9-12H2,1-6H3,(H,31,34)(H,33,38). The van der Waals surface area contributed by atoms with Crippen LogP contribution >= 0.6 is 0 Å². The van der Waals surface area contributed by atoms with Crippen LogP contribution in [0, 0.1) is 0 Å². The monoisotopic (exact) mass is 559 g/mol. The molecule has 0 atom stereocenters. The maximum atomic E-state index is 13.4. The molecule has 0 saturated carbocycles. The summed E-state index contributed by atoms with van der Waals surface area (Å²) in [5.74, 6) is 0.878. The highest BCUT2D eigenvalue weighted by Gasteiger charge is 2.24. The van der Waals surface area contributed by atoms with Crippen molar-refractivity contribution in [1.29, 1.82) is 0 Å². The van der Waals surface area contributed by atoms with Gasteiger partial charge in [-0.15, -0.1) is 0 Å². The van der Waals surface area contributed by atoms with Crippen molar-refractivity contribution in [3.8, 4) is 17.0 Å². The normalized spacial score (nSPS) is 14.7. The predicted molar refractivity (Wildman–Crippen MR) is 158 cm³/mol. The van der Waals surface area contributed by atoms with Gasteiger partial charge in [0.15, 0.2) is 0 Å². The molecule has 216 valence electrons. The van der Waals surface area contributed by atoms with Crippen molar-refractivity contribution in [2.75, 3.05) is 32.6 Å². The number of carbonyl (C=O) groups is 2. The van der Waals surface area contributed by atoms with Crippen LogP contribution in [0.1, 0.15) is 44.0 Å². The Labute approximate surface area is 239 Å². The van der Waals surface area contributed by atoms with Crippen LogP contribution in [0.15, 0.2) is 48.9 Å². The lowest BCUT2D eigenvalue weighted by atomic mass is 10.0. The Morgan fingerprint density at radius 2 is 1.80 bits per heavy atom. The first-order valence-electron chi connectivity index (χ1n) is 13.7. The van der Waals surface area contributed by atoms with Crippen molar-refractivity contribution in [1.82, 2.24) is 29.5 Å². The quantitative estimate of drug-likeness (QED) is 0.346. The number of anilines is 2. The van der Waals surface area contributed by atoms with E-state index in [9.17, 15) is 9.59 Å². The van der Waals surface area contributed by atoms with Gasteiger partial charge >= 0.3 is 6.09 Å². The van der Waals surface area contributed by atoms with E-state index in [-0.39, 0.29) is 11.9 Å². The second kappa shape index (κ2) is 11.2. The fourth-order valence-corrected chi connectivity index (χ4v) is 4.94. The summed E-state index contributed by atoms with van der Waals surface area (Å²) in [7, 11) is 5.48. The zero-order valence-corrected chi connectivity index (χ0v) is 24.4. The number of methoxy groups -OCH3 is 1. The van der Waals surface area contributed by atoms with Gasteiger partial charge in [0.1, 0.15) is 17.2 Å². The number of pyridine rings is 1. The molecular formula is C30H37N7O4. The van der Waals surface area contributed by atoms with Crippen LogP contribution in [-0.4, -0.2) is 75.1 Å². The van der Waals surface area contributed by atoms with Crippen LogP contribution in [-0.2, 0) is 11.8 Å². The molecule has 1 aliphatic rings. The predicted octanol–water partition coefficient (Wildman–Crippen LogP) is 4.80. The molecule has 0 radical (unpaired) electrons. The van der Waals surface area contributed by atoms with Gasteiger partial charge in [0.05, 0.1) is 30.2 Å². The molecule has 0 bridgehead atoms. The number of rotatable bonds is 6. The SMILES string of the molecule is COc1cc(C(=O)NC2CCN(C)CC2)ccc1Nc1cc2c(cn1)cc(-c1cnn(C)c1)n2C(=O)OC(C)(C)C. The number of likely N-dealkylation sites (tertiary alicyclic amines) is 1. The summed E-state index contributed by atoms with van der Waals surface area (Å²) in [6, 6.07) is 9.12. The van der Waals surface area contributed by atoms with Gasteiger partial charge in [0.2, 0.25) is 0 Å². The Morgan fingerprint density at radius 3 is 2.46 bits per heavy atom. The lowest BCUT2D eigenvalue weighted by Crippen LogP contribution is -2.43. The molecule has 1 aromatic carbocycles. The molecule has 5 rings (SSSR count). The topological polar surface area (TPSA) is 116 Å². The molecule has 0 unspecified atom stereocenters. The van der Waals surface area contributed by atoms with Gasteiger partial charge in [-0.25, -0.2) is 14.3 Å². The summed E-state index contributed by atoms with van der Waals surface area (Å²) in [5.41, 5.74) is 2.54. The van der Waals surface area contributed by atoms with E-state index >= 15 is 0 Å². The number of hydrogen-bond donors (Lipinski definition) is 2. The van der Waals surface area contributed by atoms with Crippen molar-refractivity contribution in [3.63, 3.8) is 0 Å². The molecule has 1 saturated heterocycles. The van der Waals surface area contributed by atoms with Gasteiger partial charge in [0, 0.05) is 48.1 Å². The first-order chi connectivity index (χ1) is 19.5. The highest BCUT2D eigenvalue weighted by Crippen LogP contribution is 2.33. The molecule has 3 aromatic heterocycles. The van der Waals surface area contributed by atoms with E-state index in [1.807, 2.05) is 40.1 Å². The van der Waals surface area contributed by atoms with Crippen LogP contribution in [0.4, 0.5) is 16.3 Å². The van der Waals surface area contributed by atoms with Crippen LogP contribution in [0.2, 0.25) is 0 Å². The van der Waals surface area contributed by atoms with Crippen LogP contribution in [0.3, 0.4) is 0 Å². The number of fused-ring (bicyclic) bond motifs is 1. The van der Waals surface area contributed by atoms with Gasteiger partial charge in [-0.3, -0.25) is 9.48 Å². The second-order valence-electron chi connectivity index (χ2n) is 11.5. The summed E-state index contributed by atoms with van der Waals surface area (Å²) in [4.78, 5) is 33.1. The molecular weight excluding hydrogens is 522 g/mol. The minimum Gasteiger partial charge on any atom is -0.495 e. The number of piperidine rings is 1. The van der Waals surface area contributed by atoms with Crippen molar-refractivity contribution < 1.29 is 19.1 Å². The van der Waals surface area contributed by atoms with Crippen LogP contribution < -0.4 is 15.4 Å². The average molecular weight is 560 g/mol. The number of amides is 1. The maximum Gasteiger partial charge on any atom is 0.419 e. The lowest BCUT2D eigenvalue weighted by Gasteiger charge is -2.29. The molecule has 4 heterocycles. The fraction of sp³-hybridized carbons (Fsp3) is 0.400. The molecule has 0 aliphatic carbocycles. The Kier molecular flexibility index (Phi) is 7.72. The number of ether oxygens (including phenoxy) is 2. The molecule has 41 heavy (non-hydrogen) atoms. The van der Waals surface area contributed by atoms with Crippen LogP contribution in [0.5, 0.6) is 5.75 Å². The summed E-state index contributed by atoms with van der Waals surface area (Å²) < 4.78 is 14.6. The zero-order chi connectivity index (χ0) is 29.3. The smallest absolute Gasteiger partial charge is 0.419 e. The van der Waals surface area contributed by atoms with Crippen molar-refractivity contribution in [2.24, 2.45) is 7.05 Å². The Balaban J connectivity index is 1.43. The number of hydrogen-bond acceptors (Lipinski definition) is 8. The lowest BCUT2D eigenvalue weighted by molar-refractivity contribution is 0.0547. The molecule has 4 aromatic rings. The summed E-state index contributed by atoms with van der Waals surface area (Å²) in [6.07, 6.45) is 6.62. The fourth-order valence-electron chi connectivity index (χ4n) is 4.94.